The van der Waals surface area contributed by atoms with Crippen LogP contribution in [0, 0.1) is 0 Å². The predicted molar refractivity (Wildman–Crippen MR) is 168 cm³/mol. The van der Waals surface area contributed by atoms with Crippen LogP contribution in [0.1, 0.15) is 12.5 Å². The number of hydrogen-bond donors (Lipinski definition) is 0. The van der Waals surface area contributed by atoms with Crippen molar-refractivity contribution >= 4 is 71.2 Å². The number of aromatic nitrogens is 2. The Kier molecular flexibility index (Phi) is 4.62. The van der Waals surface area contributed by atoms with Gasteiger partial charge < -0.3 is 8.97 Å². The van der Waals surface area contributed by atoms with Crippen molar-refractivity contribution in [3.05, 3.63) is 140 Å². The molecule has 0 N–H and O–H groups in total. The van der Waals surface area contributed by atoms with E-state index in [9.17, 15) is 0 Å². The van der Waals surface area contributed by atoms with Crippen LogP contribution in [0.2, 0.25) is 0 Å². The maximum atomic E-state index is 4.38. The number of fused-ring (bicyclic) bond motifs is 11. The Morgan fingerprint density at radius 3 is 1.85 bits per heavy atom. The van der Waals surface area contributed by atoms with Crippen molar-refractivity contribution in [1.82, 2.24) is 8.97 Å². The zero-order valence-corrected chi connectivity index (χ0v) is 21.7. The van der Waals surface area contributed by atoms with E-state index < -0.39 is 0 Å². The van der Waals surface area contributed by atoms with Crippen molar-refractivity contribution in [2.45, 2.75) is 6.92 Å². The van der Waals surface area contributed by atoms with E-state index in [2.05, 4.69) is 144 Å². The van der Waals surface area contributed by atoms with Gasteiger partial charge in [0, 0.05) is 32.6 Å². The number of rotatable bonds is 3. The molecule has 39 heavy (non-hydrogen) atoms. The predicted octanol–water partition coefficient (Wildman–Crippen LogP) is 10.1. The average molecular weight is 499 g/mol. The third-order valence-electron chi connectivity index (χ3n) is 8.11. The number of pyridine rings is 1. The summed E-state index contributed by atoms with van der Waals surface area (Å²) in [5.41, 5.74) is 9.42. The van der Waals surface area contributed by atoms with Crippen LogP contribution >= 0.6 is 0 Å². The van der Waals surface area contributed by atoms with Crippen LogP contribution in [-0.4, -0.2) is 8.97 Å². The SMILES string of the molecule is C=C(/C=C(\C)n1c2ccccc2c2cc3c(cc21)cc1c2ccccc2c2ccccc2n31)c1ccccc1. The molecule has 0 saturated heterocycles. The average Bonchev–Trinajstić information content (AvgIpc) is 3.52. The van der Waals surface area contributed by atoms with Crippen LogP contribution in [0.15, 0.2) is 134 Å². The van der Waals surface area contributed by atoms with Gasteiger partial charge in [0.05, 0.1) is 27.6 Å². The monoisotopic (exact) mass is 498 g/mol. The first-order valence-electron chi connectivity index (χ1n) is 13.4. The van der Waals surface area contributed by atoms with E-state index in [1.807, 2.05) is 6.07 Å². The number of para-hydroxylation sites is 2. The standard InChI is InChI=1S/C37H26N2/c1-24(26-12-4-3-5-13-26)20-25(2)38-33-18-10-9-17-31(33)32-23-35-27(22-37(32)38)21-36-30-16-7-6-14-28(30)29-15-8-11-19-34(29)39(35)36/h3-23H,1H2,2H3/b25-20+. The first-order valence-corrected chi connectivity index (χ1v) is 13.4. The van der Waals surface area contributed by atoms with Gasteiger partial charge in [0.15, 0.2) is 0 Å². The highest BCUT2D eigenvalue weighted by Crippen LogP contribution is 2.39. The fraction of sp³-hybridized carbons (Fsp3) is 0.0270. The minimum absolute atomic E-state index is 1.01. The number of benzene rings is 5. The maximum absolute atomic E-state index is 4.38. The molecule has 184 valence electrons. The molecule has 0 spiro atoms. The first kappa shape index (κ1) is 22.0. The van der Waals surface area contributed by atoms with Gasteiger partial charge in [-0.15, -0.1) is 0 Å². The van der Waals surface area contributed by atoms with E-state index in [0.29, 0.717) is 0 Å². The molecule has 8 aromatic rings. The first-order chi connectivity index (χ1) is 19.2. The Labute approximate surface area is 226 Å². The normalized spacial score (nSPS) is 12.5. The summed E-state index contributed by atoms with van der Waals surface area (Å²) < 4.78 is 4.83. The Hall–Kier alpha value is -5.08. The molecule has 5 aromatic carbocycles. The second-order valence-corrected chi connectivity index (χ2v) is 10.4. The van der Waals surface area contributed by atoms with Gasteiger partial charge in [-0.1, -0.05) is 97.6 Å². The molecule has 2 heteroatoms. The third kappa shape index (κ3) is 3.15. The van der Waals surface area contributed by atoms with Crippen LogP contribution < -0.4 is 0 Å². The second-order valence-electron chi connectivity index (χ2n) is 10.4. The van der Waals surface area contributed by atoms with Crippen LogP contribution in [-0.2, 0) is 0 Å². The van der Waals surface area contributed by atoms with Crippen LogP contribution in [0.4, 0.5) is 0 Å². The van der Waals surface area contributed by atoms with Crippen molar-refractivity contribution < 1.29 is 0 Å². The molecule has 3 heterocycles. The Bertz CT molecular complexity index is 2290. The minimum Gasteiger partial charge on any atom is -0.313 e. The van der Waals surface area contributed by atoms with Crippen LogP contribution in [0.25, 0.3) is 71.2 Å². The highest BCUT2D eigenvalue weighted by molar-refractivity contribution is 6.19. The van der Waals surface area contributed by atoms with E-state index in [-0.39, 0.29) is 0 Å². The molecule has 8 rings (SSSR count). The highest BCUT2D eigenvalue weighted by atomic mass is 15.0. The van der Waals surface area contributed by atoms with E-state index >= 15 is 0 Å². The quantitative estimate of drug-likeness (QED) is 0.169. The summed E-state index contributed by atoms with van der Waals surface area (Å²) in [6, 6.07) is 43.7. The summed E-state index contributed by atoms with van der Waals surface area (Å²) in [6.07, 6.45) is 2.20. The molecule has 0 aliphatic carbocycles. The van der Waals surface area contributed by atoms with Gasteiger partial charge in [0.2, 0.25) is 0 Å². The zero-order chi connectivity index (χ0) is 26.1. The molecule has 0 fully saturated rings. The molecular weight excluding hydrogens is 472 g/mol. The van der Waals surface area contributed by atoms with Gasteiger partial charge in [-0.05, 0) is 59.9 Å². The van der Waals surface area contributed by atoms with Gasteiger partial charge in [0.1, 0.15) is 0 Å². The van der Waals surface area contributed by atoms with Crippen molar-refractivity contribution in [3.8, 4) is 0 Å². The molecule has 0 amide bonds. The molecule has 2 nitrogen and oxygen atoms in total. The second kappa shape index (κ2) is 8.21. The molecule has 0 aliphatic rings. The lowest BCUT2D eigenvalue weighted by Crippen LogP contribution is -1.94. The van der Waals surface area contributed by atoms with Gasteiger partial charge in [-0.25, -0.2) is 0 Å². The van der Waals surface area contributed by atoms with Crippen molar-refractivity contribution in [1.29, 1.82) is 0 Å². The molecule has 0 radical (unpaired) electrons. The molecule has 3 aromatic heterocycles. The maximum Gasteiger partial charge on any atom is 0.0547 e. The van der Waals surface area contributed by atoms with Crippen molar-refractivity contribution in [2.24, 2.45) is 0 Å². The third-order valence-corrected chi connectivity index (χ3v) is 8.11. The Balaban J connectivity index is 1.48. The number of allylic oxidation sites excluding steroid dienone is 3. The molecular formula is C37H26N2. The molecule has 0 atom stereocenters. The van der Waals surface area contributed by atoms with Crippen molar-refractivity contribution in [3.63, 3.8) is 0 Å². The van der Waals surface area contributed by atoms with E-state index in [4.69, 9.17) is 0 Å². The lowest BCUT2D eigenvalue weighted by molar-refractivity contribution is 1.20. The molecule has 0 unspecified atom stereocenters. The number of nitrogens with zero attached hydrogens (tertiary/aromatic N) is 2. The summed E-state index contributed by atoms with van der Waals surface area (Å²) >= 11 is 0. The van der Waals surface area contributed by atoms with Crippen LogP contribution in [0.3, 0.4) is 0 Å². The van der Waals surface area contributed by atoms with Gasteiger partial charge in [-0.3, -0.25) is 0 Å². The lowest BCUT2D eigenvalue weighted by atomic mass is 10.1. The van der Waals surface area contributed by atoms with Gasteiger partial charge >= 0.3 is 0 Å². The van der Waals surface area contributed by atoms with E-state index in [0.717, 1.165) is 16.8 Å². The molecule has 0 bridgehead atoms. The fourth-order valence-corrected chi connectivity index (χ4v) is 6.40. The van der Waals surface area contributed by atoms with Crippen molar-refractivity contribution in [2.75, 3.05) is 0 Å². The topological polar surface area (TPSA) is 9.34 Å². The van der Waals surface area contributed by atoms with Gasteiger partial charge in [0.25, 0.3) is 0 Å². The Morgan fingerprint density at radius 1 is 0.538 bits per heavy atom. The highest BCUT2D eigenvalue weighted by Gasteiger charge is 2.17. The molecule has 0 saturated carbocycles. The smallest absolute Gasteiger partial charge is 0.0547 e. The largest absolute Gasteiger partial charge is 0.313 e. The van der Waals surface area contributed by atoms with Gasteiger partial charge in [-0.2, -0.15) is 0 Å². The number of hydrogen-bond acceptors (Lipinski definition) is 0. The van der Waals surface area contributed by atoms with E-state index in [1.54, 1.807) is 0 Å². The summed E-state index contributed by atoms with van der Waals surface area (Å²) in [5.74, 6) is 0. The summed E-state index contributed by atoms with van der Waals surface area (Å²) in [4.78, 5) is 0. The zero-order valence-electron chi connectivity index (χ0n) is 21.7. The Morgan fingerprint density at radius 2 is 1.10 bits per heavy atom. The lowest BCUT2D eigenvalue weighted by Gasteiger charge is -2.11. The minimum atomic E-state index is 1.01. The fourth-order valence-electron chi connectivity index (χ4n) is 6.40. The molecule has 0 aliphatic heterocycles. The summed E-state index contributed by atoms with van der Waals surface area (Å²) in [5, 5.41) is 7.60. The summed E-state index contributed by atoms with van der Waals surface area (Å²) in [6.45, 7) is 6.56. The van der Waals surface area contributed by atoms with E-state index in [1.165, 1.54) is 59.9 Å². The summed E-state index contributed by atoms with van der Waals surface area (Å²) in [7, 11) is 0. The van der Waals surface area contributed by atoms with Crippen LogP contribution in [0.5, 0.6) is 0 Å².